The number of nitrogens with zero attached hydrogens (tertiary/aromatic N) is 1. The fraction of sp³-hybridized carbons (Fsp3) is 0.500. The average Bonchev–Trinajstić information content (AvgIpc) is 2.92. The molecule has 2 aromatic rings. The van der Waals surface area contributed by atoms with E-state index in [2.05, 4.69) is 42.9 Å². The number of hydrogen-bond donors (Lipinski definition) is 0. The van der Waals surface area contributed by atoms with Crippen LogP contribution >= 0.6 is 11.8 Å². The van der Waals surface area contributed by atoms with Crippen molar-refractivity contribution in [3.05, 3.63) is 29.5 Å². The Morgan fingerprint density at radius 2 is 2.17 bits per heavy atom. The van der Waals surface area contributed by atoms with Crippen LogP contribution in [-0.2, 0) is 19.4 Å². The first-order valence-corrected chi connectivity index (χ1v) is 8.11. The van der Waals surface area contributed by atoms with Crippen molar-refractivity contribution in [1.29, 1.82) is 0 Å². The van der Waals surface area contributed by atoms with Gasteiger partial charge in [-0.15, -0.1) is 11.8 Å². The molecule has 1 aromatic heterocycles. The monoisotopic (exact) mass is 259 g/mol. The zero-order chi connectivity index (χ0) is 12.7. The molecular formula is C16H21NS. The molecule has 1 aliphatic rings. The highest BCUT2D eigenvalue weighted by atomic mass is 32.2. The molecule has 0 atom stereocenters. The summed E-state index contributed by atoms with van der Waals surface area (Å²) in [5, 5.41) is 1.50. The summed E-state index contributed by atoms with van der Waals surface area (Å²) in [5.74, 6) is 0.735. The Morgan fingerprint density at radius 1 is 1.33 bits per heavy atom. The molecule has 1 aromatic carbocycles. The van der Waals surface area contributed by atoms with Crippen LogP contribution in [0.25, 0.3) is 10.9 Å². The minimum Gasteiger partial charge on any atom is -0.344 e. The second-order valence-corrected chi connectivity index (χ2v) is 6.54. The predicted molar refractivity (Wildman–Crippen MR) is 80.6 cm³/mol. The van der Waals surface area contributed by atoms with E-state index >= 15 is 0 Å². The molecule has 1 nitrogen and oxygen atoms in total. The molecule has 2 heteroatoms. The first-order chi connectivity index (χ1) is 8.70. The third kappa shape index (κ3) is 1.87. The normalized spacial score (nSPS) is 14.7. The van der Waals surface area contributed by atoms with Crippen molar-refractivity contribution in [2.75, 3.05) is 6.26 Å². The number of thioether (sulfide) groups is 1. The van der Waals surface area contributed by atoms with Crippen molar-refractivity contribution in [2.24, 2.45) is 5.92 Å². The lowest BCUT2D eigenvalue weighted by atomic mass is 9.98. The fourth-order valence-electron chi connectivity index (χ4n) is 3.16. The summed E-state index contributed by atoms with van der Waals surface area (Å²) >= 11 is 1.84. The van der Waals surface area contributed by atoms with Gasteiger partial charge in [-0.2, -0.15) is 0 Å². The number of benzene rings is 1. The van der Waals surface area contributed by atoms with Crippen molar-refractivity contribution >= 4 is 22.7 Å². The summed E-state index contributed by atoms with van der Waals surface area (Å²) in [6.07, 6.45) is 5.97. The number of aryl methyl sites for hydroxylation is 1. The van der Waals surface area contributed by atoms with Gasteiger partial charge in [0.15, 0.2) is 0 Å². The van der Waals surface area contributed by atoms with Gasteiger partial charge in [0.05, 0.1) is 0 Å². The van der Waals surface area contributed by atoms with Gasteiger partial charge in [0, 0.05) is 28.0 Å². The zero-order valence-electron chi connectivity index (χ0n) is 11.5. The lowest BCUT2D eigenvalue weighted by Gasteiger charge is -2.06. The maximum absolute atomic E-state index is 2.55. The van der Waals surface area contributed by atoms with Crippen molar-refractivity contribution in [3.8, 4) is 0 Å². The van der Waals surface area contributed by atoms with E-state index in [1.165, 1.54) is 41.6 Å². The van der Waals surface area contributed by atoms with Gasteiger partial charge in [-0.25, -0.2) is 0 Å². The van der Waals surface area contributed by atoms with E-state index in [4.69, 9.17) is 0 Å². The Balaban J connectivity index is 2.23. The molecule has 2 heterocycles. The van der Waals surface area contributed by atoms with Crippen molar-refractivity contribution in [1.82, 2.24) is 4.57 Å². The third-order valence-corrected chi connectivity index (χ3v) is 4.63. The minimum atomic E-state index is 0.735. The Hall–Kier alpha value is -0.890. The van der Waals surface area contributed by atoms with Crippen LogP contribution < -0.4 is 0 Å². The van der Waals surface area contributed by atoms with E-state index < -0.39 is 0 Å². The first-order valence-electron chi connectivity index (χ1n) is 6.88. The molecule has 0 saturated carbocycles. The van der Waals surface area contributed by atoms with E-state index in [0.29, 0.717) is 0 Å². The van der Waals surface area contributed by atoms with Gasteiger partial charge in [0.2, 0.25) is 0 Å². The molecule has 0 amide bonds. The molecule has 1 aliphatic heterocycles. The molecule has 0 bridgehead atoms. The molecule has 18 heavy (non-hydrogen) atoms. The molecule has 0 unspecified atom stereocenters. The Labute approximate surface area is 114 Å². The molecule has 0 saturated heterocycles. The molecule has 0 spiro atoms. The van der Waals surface area contributed by atoms with Crippen molar-refractivity contribution in [2.45, 2.75) is 44.6 Å². The number of fused-ring (bicyclic) bond motifs is 3. The van der Waals surface area contributed by atoms with E-state index in [9.17, 15) is 0 Å². The van der Waals surface area contributed by atoms with Gasteiger partial charge in [0.25, 0.3) is 0 Å². The fourth-order valence-corrected chi connectivity index (χ4v) is 3.60. The summed E-state index contributed by atoms with van der Waals surface area (Å²) in [7, 11) is 0. The average molecular weight is 259 g/mol. The number of hydrogen-bond acceptors (Lipinski definition) is 1. The summed E-state index contributed by atoms with van der Waals surface area (Å²) < 4.78 is 2.55. The standard InChI is InChI=1S/C16H21NS/c1-11(2)9-13-14-10-12(18-3)6-7-16(14)17-8-4-5-15(13)17/h6-7,10-11H,4-5,8-9H2,1-3H3. The Morgan fingerprint density at radius 3 is 2.89 bits per heavy atom. The largest absolute Gasteiger partial charge is 0.344 e. The maximum atomic E-state index is 2.55. The molecule has 0 aliphatic carbocycles. The summed E-state index contributed by atoms with van der Waals surface area (Å²) in [4.78, 5) is 1.39. The van der Waals surface area contributed by atoms with Crippen LogP contribution in [0.1, 0.15) is 31.5 Å². The quantitative estimate of drug-likeness (QED) is 0.734. The van der Waals surface area contributed by atoms with E-state index in [1.807, 2.05) is 11.8 Å². The van der Waals surface area contributed by atoms with Gasteiger partial charge in [-0.05, 0) is 55.2 Å². The van der Waals surface area contributed by atoms with Gasteiger partial charge < -0.3 is 4.57 Å². The molecule has 0 N–H and O–H groups in total. The smallest absolute Gasteiger partial charge is 0.0486 e. The topological polar surface area (TPSA) is 4.93 Å². The van der Waals surface area contributed by atoms with Crippen molar-refractivity contribution in [3.63, 3.8) is 0 Å². The second kappa shape index (κ2) is 4.65. The number of aromatic nitrogens is 1. The summed E-state index contributed by atoms with van der Waals surface area (Å²) in [6, 6.07) is 6.97. The lowest BCUT2D eigenvalue weighted by molar-refractivity contribution is 0.645. The maximum Gasteiger partial charge on any atom is 0.0486 e. The van der Waals surface area contributed by atoms with Crippen LogP contribution in [0.15, 0.2) is 23.1 Å². The van der Waals surface area contributed by atoms with Crippen LogP contribution in [0.2, 0.25) is 0 Å². The van der Waals surface area contributed by atoms with Crippen LogP contribution in [0.3, 0.4) is 0 Å². The second-order valence-electron chi connectivity index (χ2n) is 5.66. The van der Waals surface area contributed by atoms with E-state index in [-0.39, 0.29) is 0 Å². The van der Waals surface area contributed by atoms with Gasteiger partial charge in [0.1, 0.15) is 0 Å². The van der Waals surface area contributed by atoms with Gasteiger partial charge >= 0.3 is 0 Å². The first kappa shape index (κ1) is 12.2. The molecular weight excluding hydrogens is 238 g/mol. The lowest BCUT2D eigenvalue weighted by Crippen LogP contribution is -1.97. The highest BCUT2D eigenvalue weighted by Crippen LogP contribution is 2.34. The summed E-state index contributed by atoms with van der Waals surface area (Å²) in [5.41, 5.74) is 4.68. The highest BCUT2D eigenvalue weighted by Gasteiger charge is 2.21. The molecule has 0 radical (unpaired) electrons. The third-order valence-electron chi connectivity index (χ3n) is 3.90. The van der Waals surface area contributed by atoms with Gasteiger partial charge in [-0.1, -0.05) is 13.8 Å². The van der Waals surface area contributed by atoms with Crippen LogP contribution in [0.5, 0.6) is 0 Å². The highest BCUT2D eigenvalue weighted by molar-refractivity contribution is 7.98. The Bertz CT molecular complexity index is 580. The predicted octanol–water partition coefficient (Wildman–Crippen LogP) is 4.51. The number of rotatable bonds is 3. The van der Waals surface area contributed by atoms with E-state index in [1.54, 1.807) is 11.3 Å². The Kier molecular flexibility index (Phi) is 3.14. The van der Waals surface area contributed by atoms with Crippen LogP contribution in [-0.4, -0.2) is 10.8 Å². The SMILES string of the molecule is CSc1ccc2c(c1)c(CC(C)C)c1n2CCC1. The van der Waals surface area contributed by atoms with Crippen LogP contribution in [0.4, 0.5) is 0 Å². The van der Waals surface area contributed by atoms with Gasteiger partial charge in [-0.3, -0.25) is 0 Å². The zero-order valence-corrected chi connectivity index (χ0v) is 12.3. The van der Waals surface area contributed by atoms with Crippen LogP contribution in [0, 0.1) is 5.92 Å². The minimum absolute atomic E-state index is 0.735. The van der Waals surface area contributed by atoms with Crippen molar-refractivity contribution < 1.29 is 0 Å². The van der Waals surface area contributed by atoms with E-state index in [0.717, 1.165) is 5.92 Å². The summed E-state index contributed by atoms with van der Waals surface area (Å²) in [6.45, 7) is 5.86. The molecule has 0 fully saturated rings. The molecule has 96 valence electrons. The molecule has 3 rings (SSSR count).